The van der Waals surface area contributed by atoms with E-state index >= 15 is 0 Å². The van der Waals surface area contributed by atoms with E-state index in [1.54, 1.807) is 28.5 Å². The number of thiophene rings is 1. The average Bonchev–Trinajstić information content (AvgIpc) is 3.23. The molecule has 2 aromatic heterocycles. The third kappa shape index (κ3) is 4.02. The monoisotopic (exact) mass is 429 g/mol. The van der Waals surface area contributed by atoms with E-state index in [9.17, 15) is 9.59 Å². The number of ether oxygens (including phenoxy) is 1. The molecule has 0 spiro atoms. The van der Waals surface area contributed by atoms with Crippen LogP contribution in [0.1, 0.15) is 17.4 Å². The van der Waals surface area contributed by atoms with Gasteiger partial charge in [0.2, 0.25) is 5.91 Å². The number of nitrogens with zero attached hydrogens (tertiary/aromatic N) is 2. The van der Waals surface area contributed by atoms with E-state index in [1.165, 1.54) is 11.3 Å². The molecule has 1 unspecified atom stereocenters. The highest BCUT2D eigenvalue weighted by molar-refractivity contribution is 9.10. The van der Waals surface area contributed by atoms with Gasteiger partial charge in [-0.1, -0.05) is 0 Å². The Morgan fingerprint density at radius 3 is 2.75 bits per heavy atom. The molecule has 0 aromatic carbocycles. The Bertz CT molecular complexity index is 740. The summed E-state index contributed by atoms with van der Waals surface area (Å²) in [6.07, 6.45) is 0. The summed E-state index contributed by atoms with van der Waals surface area (Å²) < 4.78 is 6.23. The first-order valence-electron chi connectivity index (χ1n) is 7.42. The second-order valence-corrected chi connectivity index (χ2v) is 7.98. The molecule has 24 heavy (non-hydrogen) atoms. The molecular weight excluding hydrogens is 414 g/mol. The highest BCUT2D eigenvalue weighted by Gasteiger charge is 2.24. The standard InChI is InChI=1S/C15H16BrN3O3S2/c1-9(15(21)19-2-4-22-5-3-19)17-13(20)11-8-24-14(18-11)12-6-10(16)7-23-12/h6-9H,2-5H2,1H3,(H,17,20). The largest absolute Gasteiger partial charge is 0.378 e. The summed E-state index contributed by atoms with van der Waals surface area (Å²) in [7, 11) is 0. The lowest BCUT2D eigenvalue weighted by atomic mass is 10.2. The van der Waals surface area contributed by atoms with Gasteiger partial charge in [0.05, 0.1) is 18.1 Å². The van der Waals surface area contributed by atoms with Crippen LogP contribution in [0.15, 0.2) is 21.3 Å². The van der Waals surface area contributed by atoms with Crippen molar-refractivity contribution >= 4 is 50.4 Å². The number of thiazole rings is 1. The Morgan fingerprint density at radius 1 is 1.33 bits per heavy atom. The zero-order chi connectivity index (χ0) is 17.1. The molecule has 6 nitrogen and oxygen atoms in total. The van der Waals surface area contributed by atoms with E-state index in [0.717, 1.165) is 14.4 Å². The summed E-state index contributed by atoms with van der Waals surface area (Å²) in [5.74, 6) is -0.425. The van der Waals surface area contributed by atoms with Gasteiger partial charge in [0, 0.05) is 28.3 Å². The zero-order valence-electron chi connectivity index (χ0n) is 13.0. The normalized spacial score (nSPS) is 16.0. The Hall–Kier alpha value is -1.29. The van der Waals surface area contributed by atoms with Crippen molar-refractivity contribution in [1.82, 2.24) is 15.2 Å². The van der Waals surface area contributed by atoms with E-state index in [-0.39, 0.29) is 11.8 Å². The third-order valence-corrected chi connectivity index (χ3v) is 6.26. The number of amides is 2. The molecule has 1 fully saturated rings. The van der Waals surface area contributed by atoms with Gasteiger partial charge in [0.15, 0.2) is 0 Å². The summed E-state index contributed by atoms with van der Waals surface area (Å²) in [6.45, 7) is 3.90. The number of nitrogens with one attached hydrogen (secondary N) is 1. The van der Waals surface area contributed by atoms with Gasteiger partial charge in [-0.05, 0) is 28.9 Å². The van der Waals surface area contributed by atoms with Crippen molar-refractivity contribution in [1.29, 1.82) is 0 Å². The Morgan fingerprint density at radius 2 is 2.08 bits per heavy atom. The maximum atomic E-state index is 12.3. The van der Waals surface area contributed by atoms with Gasteiger partial charge in [0.25, 0.3) is 5.91 Å². The molecule has 2 amide bonds. The minimum Gasteiger partial charge on any atom is -0.378 e. The molecular formula is C15H16BrN3O3S2. The summed E-state index contributed by atoms with van der Waals surface area (Å²) in [4.78, 5) is 31.7. The zero-order valence-corrected chi connectivity index (χ0v) is 16.2. The fourth-order valence-corrected chi connectivity index (χ4v) is 4.61. The van der Waals surface area contributed by atoms with Gasteiger partial charge < -0.3 is 15.0 Å². The predicted octanol–water partition coefficient (Wildman–Crippen LogP) is 2.61. The smallest absolute Gasteiger partial charge is 0.271 e. The van der Waals surface area contributed by atoms with Gasteiger partial charge in [-0.3, -0.25) is 9.59 Å². The van der Waals surface area contributed by atoms with Crippen LogP contribution < -0.4 is 5.32 Å². The second kappa shape index (κ2) is 7.73. The first-order valence-corrected chi connectivity index (χ1v) is 9.97. The number of rotatable bonds is 4. The SMILES string of the molecule is CC(NC(=O)c1csc(-c2cc(Br)cs2)n1)C(=O)N1CCOCC1. The summed E-state index contributed by atoms with van der Waals surface area (Å²) in [5.41, 5.74) is 0.334. The van der Waals surface area contributed by atoms with Crippen molar-refractivity contribution in [3.05, 3.63) is 27.0 Å². The van der Waals surface area contributed by atoms with Gasteiger partial charge in [-0.15, -0.1) is 22.7 Å². The predicted molar refractivity (Wildman–Crippen MR) is 97.5 cm³/mol. The topological polar surface area (TPSA) is 71.5 Å². The molecule has 3 heterocycles. The molecule has 1 aliphatic heterocycles. The number of carbonyl (C=O) groups is 2. The average molecular weight is 430 g/mol. The molecule has 0 aliphatic carbocycles. The number of morpholine rings is 1. The number of hydrogen-bond acceptors (Lipinski definition) is 6. The van der Waals surface area contributed by atoms with Crippen LogP contribution in [0.5, 0.6) is 0 Å². The first-order chi connectivity index (χ1) is 11.5. The molecule has 1 N–H and O–H groups in total. The number of hydrogen-bond donors (Lipinski definition) is 1. The van der Waals surface area contributed by atoms with Crippen molar-refractivity contribution in [2.24, 2.45) is 0 Å². The van der Waals surface area contributed by atoms with Crippen LogP contribution in [0.2, 0.25) is 0 Å². The molecule has 9 heteroatoms. The minimum atomic E-state index is -0.586. The van der Waals surface area contributed by atoms with E-state index in [4.69, 9.17) is 4.74 Å². The van der Waals surface area contributed by atoms with E-state index in [0.29, 0.717) is 32.0 Å². The molecule has 1 aliphatic rings. The lowest BCUT2D eigenvalue weighted by Gasteiger charge is -2.29. The molecule has 1 saturated heterocycles. The van der Waals surface area contributed by atoms with Crippen molar-refractivity contribution in [2.75, 3.05) is 26.3 Å². The summed E-state index contributed by atoms with van der Waals surface area (Å²) >= 11 is 6.38. The summed E-state index contributed by atoms with van der Waals surface area (Å²) in [6, 6.07) is 1.38. The highest BCUT2D eigenvalue weighted by atomic mass is 79.9. The van der Waals surface area contributed by atoms with Crippen LogP contribution in [0, 0.1) is 0 Å². The Kier molecular flexibility index (Phi) is 5.65. The highest BCUT2D eigenvalue weighted by Crippen LogP contribution is 2.31. The first kappa shape index (κ1) is 17.5. The van der Waals surface area contributed by atoms with Crippen LogP contribution in [0.4, 0.5) is 0 Å². The molecule has 0 bridgehead atoms. The van der Waals surface area contributed by atoms with Gasteiger partial charge in [0.1, 0.15) is 16.7 Å². The Balaban J connectivity index is 1.62. The van der Waals surface area contributed by atoms with Crippen LogP contribution in [0.25, 0.3) is 9.88 Å². The molecule has 0 radical (unpaired) electrons. The molecule has 0 saturated carbocycles. The van der Waals surface area contributed by atoms with Gasteiger partial charge in [-0.25, -0.2) is 4.98 Å². The maximum Gasteiger partial charge on any atom is 0.271 e. The van der Waals surface area contributed by atoms with Gasteiger partial charge >= 0.3 is 0 Å². The van der Waals surface area contributed by atoms with Crippen LogP contribution >= 0.6 is 38.6 Å². The number of halogens is 1. The van der Waals surface area contributed by atoms with Crippen molar-refractivity contribution in [2.45, 2.75) is 13.0 Å². The quantitative estimate of drug-likeness (QED) is 0.810. The maximum absolute atomic E-state index is 12.3. The van der Waals surface area contributed by atoms with Crippen molar-refractivity contribution in [3.8, 4) is 9.88 Å². The van der Waals surface area contributed by atoms with E-state index in [1.807, 2.05) is 11.4 Å². The fourth-order valence-electron chi connectivity index (χ4n) is 2.31. The van der Waals surface area contributed by atoms with E-state index in [2.05, 4.69) is 26.2 Å². The second-order valence-electron chi connectivity index (χ2n) is 5.30. The fraction of sp³-hybridized carbons (Fsp3) is 0.400. The van der Waals surface area contributed by atoms with Gasteiger partial charge in [-0.2, -0.15) is 0 Å². The Labute approximate surface area is 156 Å². The lowest BCUT2D eigenvalue weighted by Crippen LogP contribution is -2.50. The third-order valence-electron chi connectivity index (χ3n) is 3.56. The van der Waals surface area contributed by atoms with E-state index < -0.39 is 6.04 Å². The molecule has 128 valence electrons. The van der Waals surface area contributed by atoms with Crippen LogP contribution in [-0.4, -0.2) is 54.0 Å². The number of aromatic nitrogens is 1. The lowest BCUT2D eigenvalue weighted by molar-refractivity contribution is -0.136. The van der Waals surface area contributed by atoms with Crippen LogP contribution in [-0.2, 0) is 9.53 Å². The number of carbonyl (C=O) groups excluding carboxylic acids is 2. The molecule has 1 atom stereocenters. The van der Waals surface area contributed by atoms with Crippen molar-refractivity contribution in [3.63, 3.8) is 0 Å². The minimum absolute atomic E-state index is 0.0932. The molecule has 3 rings (SSSR count). The summed E-state index contributed by atoms with van der Waals surface area (Å²) in [5, 5.41) is 7.21. The molecule has 2 aromatic rings. The van der Waals surface area contributed by atoms with Crippen molar-refractivity contribution < 1.29 is 14.3 Å². The van der Waals surface area contributed by atoms with Crippen LogP contribution in [0.3, 0.4) is 0 Å².